The maximum Gasteiger partial charge on any atom is 0.472 e. The first-order valence-electron chi connectivity index (χ1n) is 19.6. The van der Waals surface area contributed by atoms with Gasteiger partial charge in [-0.15, -0.1) is 0 Å². The highest BCUT2D eigenvalue weighted by atomic mass is 31.2. The number of hydrogen-bond donors (Lipinski definition) is 2. The Labute approximate surface area is 305 Å². The van der Waals surface area contributed by atoms with Crippen LogP contribution in [0.1, 0.15) is 162 Å². The number of carbonyl (C=O) groups excluding carboxylic acids is 2. The Hall–Kier alpha value is -2.03. The molecule has 50 heavy (non-hydrogen) atoms. The fourth-order valence-electron chi connectivity index (χ4n) is 4.97. The fourth-order valence-corrected chi connectivity index (χ4v) is 5.74. The average molecular weight is 726 g/mol. The van der Waals surface area contributed by atoms with Gasteiger partial charge in [0.15, 0.2) is 6.10 Å². The lowest BCUT2D eigenvalue weighted by Crippen LogP contribution is -2.29. The summed E-state index contributed by atoms with van der Waals surface area (Å²) in [6, 6.07) is 0. The third kappa shape index (κ3) is 35.8. The van der Waals surface area contributed by atoms with E-state index in [1.165, 1.54) is 38.5 Å². The van der Waals surface area contributed by atoms with Crippen molar-refractivity contribution < 1.29 is 37.6 Å². The minimum absolute atomic E-state index is 0.0472. The number of ether oxygens (including phenoxy) is 2. The summed E-state index contributed by atoms with van der Waals surface area (Å²) in [6.45, 7) is 3.61. The van der Waals surface area contributed by atoms with Crippen LogP contribution in [0.5, 0.6) is 0 Å². The largest absolute Gasteiger partial charge is 0.472 e. The van der Waals surface area contributed by atoms with Gasteiger partial charge >= 0.3 is 19.8 Å². The van der Waals surface area contributed by atoms with E-state index in [2.05, 4.69) is 62.5 Å². The molecule has 3 N–H and O–H groups in total. The molecule has 0 heterocycles. The summed E-state index contributed by atoms with van der Waals surface area (Å²) < 4.78 is 32.6. The number of unbranched alkanes of at least 4 members (excludes halogenated alkanes) is 15. The Morgan fingerprint density at radius 2 is 1.06 bits per heavy atom. The molecule has 0 radical (unpaired) electrons. The molecule has 0 spiro atoms. The van der Waals surface area contributed by atoms with E-state index in [0.29, 0.717) is 12.8 Å². The number of phosphoric ester groups is 1. The van der Waals surface area contributed by atoms with Gasteiger partial charge in [-0.2, -0.15) is 0 Å². The molecule has 0 aromatic heterocycles. The maximum absolute atomic E-state index is 12.5. The van der Waals surface area contributed by atoms with Crippen LogP contribution in [0.25, 0.3) is 0 Å². The molecule has 0 saturated carbocycles. The second kappa shape index (κ2) is 36.8. The molecule has 0 rings (SSSR count). The molecule has 0 saturated heterocycles. The predicted octanol–water partition coefficient (Wildman–Crippen LogP) is 10.8. The van der Waals surface area contributed by atoms with E-state index in [4.69, 9.17) is 24.3 Å². The minimum Gasteiger partial charge on any atom is -0.462 e. The number of hydrogen-bond acceptors (Lipinski definition) is 8. The number of allylic oxidation sites excluding steroid dienone is 8. The van der Waals surface area contributed by atoms with Crippen LogP contribution in [0.2, 0.25) is 0 Å². The zero-order chi connectivity index (χ0) is 36.8. The van der Waals surface area contributed by atoms with Gasteiger partial charge in [0.05, 0.1) is 13.2 Å². The summed E-state index contributed by atoms with van der Waals surface area (Å²) >= 11 is 0. The number of carbonyl (C=O) groups is 2. The number of nitrogens with two attached hydrogens (primary N) is 1. The van der Waals surface area contributed by atoms with Gasteiger partial charge in [0.1, 0.15) is 6.61 Å². The average Bonchev–Trinajstić information content (AvgIpc) is 3.10. The first-order chi connectivity index (χ1) is 24.3. The van der Waals surface area contributed by atoms with Gasteiger partial charge in [0, 0.05) is 19.4 Å². The summed E-state index contributed by atoms with van der Waals surface area (Å²) in [5.41, 5.74) is 5.33. The molecule has 0 bridgehead atoms. The van der Waals surface area contributed by atoms with E-state index in [1.807, 2.05) is 0 Å². The normalized spacial score (nSPS) is 13.9. The van der Waals surface area contributed by atoms with Gasteiger partial charge in [0.2, 0.25) is 0 Å². The van der Waals surface area contributed by atoms with Gasteiger partial charge in [-0.25, -0.2) is 4.57 Å². The molecule has 0 aromatic rings. The Kier molecular flexibility index (Phi) is 35.3. The van der Waals surface area contributed by atoms with Crippen molar-refractivity contribution in [2.45, 2.75) is 168 Å². The number of rotatable bonds is 36. The van der Waals surface area contributed by atoms with Crippen LogP contribution in [-0.4, -0.2) is 49.3 Å². The van der Waals surface area contributed by atoms with Crippen LogP contribution in [0.15, 0.2) is 48.6 Å². The van der Waals surface area contributed by atoms with E-state index in [-0.39, 0.29) is 32.6 Å². The molecule has 0 aliphatic rings. The molecule has 0 aliphatic heterocycles. The molecular formula is C40H72NO8P. The van der Waals surface area contributed by atoms with Crippen molar-refractivity contribution in [3.05, 3.63) is 48.6 Å². The lowest BCUT2D eigenvalue weighted by atomic mass is 10.1. The Bertz CT molecular complexity index is 965. The fraction of sp³-hybridized carbons (Fsp3) is 0.750. The highest BCUT2D eigenvalue weighted by molar-refractivity contribution is 7.47. The van der Waals surface area contributed by atoms with Crippen LogP contribution in [0.3, 0.4) is 0 Å². The smallest absolute Gasteiger partial charge is 0.462 e. The van der Waals surface area contributed by atoms with Crippen molar-refractivity contribution in [1.82, 2.24) is 0 Å². The standard InChI is InChI=1S/C40H72NO8P/c1-3-5-7-9-11-13-15-17-19-21-22-24-26-28-30-32-39(42)46-36-38(37-48-50(44,45)47-35-34-41)49-40(43)33-31-29-27-25-23-20-18-16-14-12-10-8-6-4-2/h10-13,16-19,38H,3-9,14-15,20-37,41H2,1-2H3,(H,44,45)/b12-10+,13-11+,18-16+,19-17+/t38-/m1/s1. The second-order valence-electron chi connectivity index (χ2n) is 12.8. The lowest BCUT2D eigenvalue weighted by molar-refractivity contribution is -0.161. The van der Waals surface area contributed by atoms with Gasteiger partial charge in [0.25, 0.3) is 0 Å². The zero-order valence-corrected chi connectivity index (χ0v) is 32.5. The topological polar surface area (TPSA) is 134 Å². The number of phosphoric acid groups is 1. The van der Waals surface area contributed by atoms with Crippen LogP contribution >= 0.6 is 7.82 Å². The summed E-state index contributed by atoms with van der Waals surface area (Å²) in [7, 11) is -4.38. The SMILES string of the molecule is CCCC/C=C/C/C=C/CCCCCCCC(=O)O[C@H](COC(=O)CCCCCCC/C=C/C/C=C/CCCCC)COP(=O)(O)OCCN. The van der Waals surface area contributed by atoms with Crippen molar-refractivity contribution in [2.75, 3.05) is 26.4 Å². The number of esters is 2. The molecule has 0 aromatic carbocycles. The van der Waals surface area contributed by atoms with E-state index >= 15 is 0 Å². The lowest BCUT2D eigenvalue weighted by Gasteiger charge is -2.19. The zero-order valence-electron chi connectivity index (χ0n) is 31.6. The third-order valence-corrected chi connectivity index (χ3v) is 8.92. The molecule has 0 amide bonds. The maximum atomic E-state index is 12.5. The molecule has 0 aliphatic carbocycles. The van der Waals surface area contributed by atoms with E-state index < -0.39 is 32.5 Å². The van der Waals surface area contributed by atoms with Gasteiger partial charge in [-0.1, -0.05) is 127 Å². The van der Waals surface area contributed by atoms with E-state index in [0.717, 1.165) is 83.5 Å². The van der Waals surface area contributed by atoms with Crippen LogP contribution in [0, 0.1) is 0 Å². The summed E-state index contributed by atoms with van der Waals surface area (Å²) in [5, 5.41) is 0. The third-order valence-electron chi connectivity index (χ3n) is 7.94. The van der Waals surface area contributed by atoms with Crippen LogP contribution < -0.4 is 5.73 Å². The first-order valence-corrected chi connectivity index (χ1v) is 21.1. The minimum atomic E-state index is -4.38. The van der Waals surface area contributed by atoms with Crippen molar-refractivity contribution in [3.63, 3.8) is 0 Å². The van der Waals surface area contributed by atoms with Gasteiger partial charge in [-0.3, -0.25) is 18.6 Å². The van der Waals surface area contributed by atoms with Crippen molar-refractivity contribution in [3.8, 4) is 0 Å². The summed E-state index contributed by atoms with van der Waals surface area (Å²) in [6.07, 6.45) is 39.9. The van der Waals surface area contributed by atoms with E-state index in [9.17, 15) is 19.0 Å². The molecule has 290 valence electrons. The first kappa shape index (κ1) is 48.0. The van der Waals surface area contributed by atoms with Crippen molar-refractivity contribution in [1.29, 1.82) is 0 Å². The molecule has 10 heteroatoms. The second-order valence-corrected chi connectivity index (χ2v) is 14.2. The Balaban J connectivity index is 4.27. The van der Waals surface area contributed by atoms with Crippen molar-refractivity contribution >= 4 is 19.8 Å². The quantitative estimate of drug-likeness (QED) is 0.0280. The molecule has 2 atom stereocenters. The van der Waals surface area contributed by atoms with Crippen LogP contribution in [-0.2, 0) is 32.7 Å². The predicted molar refractivity (Wildman–Crippen MR) is 206 cm³/mol. The van der Waals surface area contributed by atoms with Gasteiger partial charge < -0.3 is 20.1 Å². The summed E-state index contributed by atoms with van der Waals surface area (Å²) in [4.78, 5) is 34.7. The van der Waals surface area contributed by atoms with Gasteiger partial charge in [-0.05, 0) is 70.6 Å². The van der Waals surface area contributed by atoms with E-state index in [1.54, 1.807) is 0 Å². The summed E-state index contributed by atoms with van der Waals surface area (Å²) in [5.74, 6) is -0.865. The molecule has 0 fully saturated rings. The van der Waals surface area contributed by atoms with Crippen molar-refractivity contribution in [2.24, 2.45) is 5.73 Å². The van der Waals surface area contributed by atoms with Crippen LogP contribution in [0.4, 0.5) is 0 Å². The molecule has 9 nitrogen and oxygen atoms in total. The Morgan fingerprint density at radius 1 is 0.600 bits per heavy atom. The Morgan fingerprint density at radius 3 is 1.58 bits per heavy atom. The highest BCUT2D eigenvalue weighted by Gasteiger charge is 2.25. The molecule has 1 unspecified atom stereocenters. The monoisotopic (exact) mass is 725 g/mol. The molecular weight excluding hydrogens is 653 g/mol. The highest BCUT2D eigenvalue weighted by Crippen LogP contribution is 2.43.